The van der Waals surface area contributed by atoms with Crippen LogP contribution in [0.5, 0.6) is 0 Å². The fourth-order valence-corrected chi connectivity index (χ4v) is 2.07. The Hall–Kier alpha value is -1.66. The minimum atomic E-state index is 0.440. The zero-order chi connectivity index (χ0) is 9.80. The minimum absolute atomic E-state index is 0.440. The minimum Gasteiger partial charge on any atom is -0.237 e. The number of fused-ring (bicyclic) bond motifs is 1. The topological polar surface area (TPSA) is 36.7 Å². The Bertz CT molecular complexity index is 472. The number of hydrogen-bond acceptors (Lipinski definition) is 3. The molecule has 0 atom stereocenters. The second-order valence-corrected chi connectivity index (χ2v) is 3.85. The maximum Gasteiger partial charge on any atom is 0.117 e. The molecular weight excluding hydrogens is 192 g/mol. The largest absolute Gasteiger partial charge is 0.237 e. The molecule has 0 bridgehead atoms. The maximum atomic E-state index is 8.37. The van der Waals surface area contributed by atoms with Crippen molar-refractivity contribution < 1.29 is 0 Å². The molecule has 0 aliphatic heterocycles. The third kappa shape index (κ3) is 1.81. The number of nitriles is 1. The highest BCUT2D eigenvalue weighted by molar-refractivity contribution is 7.19. The Balaban J connectivity index is 2.32. The third-order valence-electron chi connectivity index (χ3n) is 1.78. The number of allylic oxidation sites excluding steroid dienone is 1. The van der Waals surface area contributed by atoms with E-state index in [0.29, 0.717) is 6.42 Å². The molecule has 68 valence electrons. The van der Waals surface area contributed by atoms with Gasteiger partial charge in [0.25, 0.3) is 0 Å². The maximum absolute atomic E-state index is 8.37. The van der Waals surface area contributed by atoms with Crippen LogP contribution in [-0.4, -0.2) is 4.98 Å². The van der Waals surface area contributed by atoms with Crippen molar-refractivity contribution in [2.24, 2.45) is 0 Å². The molecule has 14 heavy (non-hydrogen) atoms. The van der Waals surface area contributed by atoms with Gasteiger partial charge in [-0.1, -0.05) is 18.2 Å². The Morgan fingerprint density at radius 2 is 2.29 bits per heavy atom. The van der Waals surface area contributed by atoms with Crippen LogP contribution in [0.3, 0.4) is 0 Å². The van der Waals surface area contributed by atoms with Crippen LogP contribution >= 0.6 is 11.3 Å². The van der Waals surface area contributed by atoms with Gasteiger partial charge in [-0.05, 0) is 18.2 Å². The molecule has 0 amide bonds. The summed E-state index contributed by atoms with van der Waals surface area (Å²) >= 11 is 1.64. The van der Waals surface area contributed by atoms with E-state index in [1.807, 2.05) is 30.4 Å². The Kier molecular flexibility index (Phi) is 2.57. The number of aromatic nitrogens is 1. The van der Waals surface area contributed by atoms with Crippen LogP contribution in [0.2, 0.25) is 0 Å². The summed E-state index contributed by atoms with van der Waals surface area (Å²) < 4.78 is 1.18. The Labute approximate surface area is 86.1 Å². The first kappa shape index (κ1) is 8.92. The average molecular weight is 200 g/mol. The fraction of sp³-hybridized carbons (Fsp3) is 0.0909. The highest BCUT2D eigenvalue weighted by Crippen LogP contribution is 2.22. The molecule has 0 saturated heterocycles. The van der Waals surface area contributed by atoms with Crippen molar-refractivity contribution in [1.29, 1.82) is 5.26 Å². The second-order valence-electron chi connectivity index (χ2n) is 2.78. The SMILES string of the molecule is N#CCC=Cc1nc2ccccc2s1. The van der Waals surface area contributed by atoms with Gasteiger partial charge >= 0.3 is 0 Å². The van der Waals surface area contributed by atoms with Gasteiger partial charge in [0.05, 0.1) is 22.7 Å². The molecule has 1 aromatic carbocycles. The van der Waals surface area contributed by atoms with Crippen molar-refractivity contribution >= 4 is 27.6 Å². The molecule has 1 heterocycles. The number of benzene rings is 1. The van der Waals surface area contributed by atoms with Crippen molar-refractivity contribution in [3.05, 3.63) is 35.3 Å². The number of rotatable bonds is 2. The quantitative estimate of drug-likeness (QED) is 0.746. The monoisotopic (exact) mass is 200 g/mol. The lowest BCUT2D eigenvalue weighted by molar-refractivity contribution is 1.36. The van der Waals surface area contributed by atoms with Gasteiger partial charge in [-0.3, -0.25) is 0 Å². The summed E-state index contributed by atoms with van der Waals surface area (Å²) in [5.74, 6) is 0. The standard InChI is InChI=1S/C11H8N2S/c12-8-4-3-7-11-13-9-5-1-2-6-10(9)14-11/h1-3,5-7H,4H2. The Morgan fingerprint density at radius 1 is 1.43 bits per heavy atom. The zero-order valence-electron chi connectivity index (χ0n) is 7.47. The van der Waals surface area contributed by atoms with E-state index in [9.17, 15) is 0 Å². The van der Waals surface area contributed by atoms with Gasteiger partial charge in [-0.2, -0.15) is 5.26 Å². The molecular formula is C11H8N2S. The van der Waals surface area contributed by atoms with Crippen molar-refractivity contribution in [1.82, 2.24) is 4.98 Å². The lowest BCUT2D eigenvalue weighted by Gasteiger charge is -1.80. The van der Waals surface area contributed by atoms with Crippen LogP contribution < -0.4 is 0 Å². The third-order valence-corrected chi connectivity index (χ3v) is 2.78. The van der Waals surface area contributed by atoms with E-state index in [-0.39, 0.29) is 0 Å². The molecule has 0 aliphatic rings. The molecule has 0 aliphatic carbocycles. The number of para-hydroxylation sites is 1. The molecule has 2 nitrogen and oxygen atoms in total. The number of nitrogens with zero attached hydrogens (tertiary/aromatic N) is 2. The molecule has 0 spiro atoms. The van der Waals surface area contributed by atoms with Gasteiger partial charge in [-0.15, -0.1) is 11.3 Å². The first-order valence-electron chi connectivity index (χ1n) is 4.29. The van der Waals surface area contributed by atoms with Crippen LogP contribution in [-0.2, 0) is 0 Å². The number of hydrogen-bond donors (Lipinski definition) is 0. The van der Waals surface area contributed by atoms with Gasteiger partial charge in [-0.25, -0.2) is 4.98 Å². The first-order chi connectivity index (χ1) is 6.90. The van der Waals surface area contributed by atoms with Crippen LogP contribution in [0.1, 0.15) is 11.4 Å². The molecule has 0 fully saturated rings. The summed E-state index contributed by atoms with van der Waals surface area (Å²) in [5.41, 5.74) is 1.02. The summed E-state index contributed by atoms with van der Waals surface area (Å²) in [6, 6.07) is 10.1. The molecule has 3 heteroatoms. The fourth-order valence-electron chi connectivity index (χ4n) is 1.17. The van der Waals surface area contributed by atoms with Gasteiger partial charge in [0.2, 0.25) is 0 Å². The van der Waals surface area contributed by atoms with Crippen LogP contribution in [0.25, 0.3) is 16.3 Å². The predicted molar refractivity (Wildman–Crippen MR) is 58.9 cm³/mol. The summed E-state index contributed by atoms with van der Waals surface area (Å²) in [6.45, 7) is 0. The summed E-state index contributed by atoms with van der Waals surface area (Å²) in [7, 11) is 0. The van der Waals surface area contributed by atoms with Crippen LogP contribution in [0.15, 0.2) is 30.3 Å². The van der Waals surface area contributed by atoms with Gasteiger partial charge in [0, 0.05) is 0 Å². The van der Waals surface area contributed by atoms with Crippen LogP contribution in [0.4, 0.5) is 0 Å². The lowest BCUT2D eigenvalue weighted by Crippen LogP contribution is -1.67. The van der Waals surface area contributed by atoms with Gasteiger partial charge < -0.3 is 0 Å². The zero-order valence-corrected chi connectivity index (χ0v) is 8.29. The first-order valence-corrected chi connectivity index (χ1v) is 5.11. The van der Waals surface area contributed by atoms with Crippen LogP contribution in [0, 0.1) is 11.3 Å². The molecule has 2 rings (SSSR count). The lowest BCUT2D eigenvalue weighted by atomic mass is 10.3. The molecule has 0 N–H and O–H groups in total. The molecule has 0 saturated carbocycles. The normalized spacial score (nSPS) is 10.8. The van der Waals surface area contributed by atoms with E-state index in [1.54, 1.807) is 11.3 Å². The molecule has 0 radical (unpaired) electrons. The van der Waals surface area contributed by atoms with E-state index >= 15 is 0 Å². The Morgan fingerprint density at radius 3 is 3.07 bits per heavy atom. The van der Waals surface area contributed by atoms with E-state index in [4.69, 9.17) is 5.26 Å². The van der Waals surface area contributed by atoms with Crippen molar-refractivity contribution in [2.45, 2.75) is 6.42 Å². The summed E-state index contributed by atoms with van der Waals surface area (Å²) in [4.78, 5) is 4.41. The molecule has 2 aromatic rings. The summed E-state index contributed by atoms with van der Waals surface area (Å²) in [5, 5.41) is 9.33. The van der Waals surface area contributed by atoms with Crippen molar-refractivity contribution in [3.8, 4) is 6.07 Å². The van der Waals surface area contributed by atoms with E-state index in [1.165, 1.54) is 4.70 Å². The van der Waals surface area contributed by atoms with E-state index in [2.05, 4.69) is 17.1 Å². The van der Waals surface area contributed by atoms with Crippen molar-refractivity contribution in [3.63, 3.8) is 0 Å². The molecule has 0 unspecified atom stereocenters. The summed E-state index contributed by atoms with van der Waals surface area (Å²) in [6.07, 6.45) is 4.17. The highest BCUT2D eigenvalue weighted by Gasteiger charge is 1.98. The average Bonchev–Trinajstić information content (AvgIpc) is 2.60. The van der Waals surface area contributed by atoms with Crippen molar-refractivity contribution in [2.75, 3.05) is 0 Å². The predicted octanol–water partition coefficient (Wildman–Crippen LogP) is 3.22. The smallest absolute Gasteiger partial charge is 0.117 e. The highest BCUT2D eigenvalue weighted by atomic mass is 32.1. The second kappa shape index (κ2) is 4.03. The van der Waals surface area contributed by atoms with Gasteiger partial charge in [0.1, 0.15) is 5.01 Å². The number of thiazole rings is 1. The molecule has 1 aromatic heterocycles. The van der Waals surface area contributed by atoms with E-state index in [0.717, 1.165) is 10.5 Å². The van der Waals surface area contributed by atoms with E-state index < -0.39 is 0 Å². The van der Waals surface area contributed by atoms with Gasteiger partial charge in [0.15, 0.2) is 0 Å².